The Balaban J connectivity index is 1.98. The topological polar surface area (TPSA) is 76.6 Å². The molecule has 1 unspecified atom stereocenters. The minimum absolute atomic E-state index is 0.0664. The van der Waals surface area contributed by atoms with Crippen LogP contribution in [0.5, 0.6) is 0 Å². The molecule has 1 saturated heterocycles. The van der Waals surface area contributed by atoms with Crippen molar-refractivity contribution < 1.29 is 14.3 Å². The number of ether oxygens (including phenoxy) is 2. The van der Waals surface area contributed by atoms with Gasteiger partial charge in [-0.15, -0.1) is 0 Å². The number of morpholine rings is 1. The molecule has 20 heavy (non-hydrogen) atoms. The van der Waals surface area contributed by atoms with Gasteiger partial charge in [-0.2, -0.15) is 0 Å². The number of anilines is 1. The normalized spacial score (nSPS) is 19.6. The Bertz CT molecular complexity index is 481. The van der Waals surface area contributed by atoms with Gasteiger partial charge in [0.15, 0.2) is 0 Å². The highest BCUT2D eigenvalue weighted by molar-refractivity contribution is 5.85. The average molecular weight is 280 g/mol. The molecule has 0 aromatic carbocycles. The van der Waals surface area contributed by atoms with Crippen molar-refractivity contribution in [3.8, 4) is 0 Å². The summed E-state index contributed by atoms with van der Waals surface area (Å²) in [4.78, 5) is 21.9. The molecule has 2 heterocycles. The van der Waals surface area contributed by atoms with Crippen LogP contribution in [0.4, 0.5) is 5.82 Å². The van der Waals surface area contributed by atoms with Crippen molar-refractivity contribution >= 4 is 11.8 Å². The molecule has 1 aliphatic heterocycles. The first-order valence-electron chi connectivity index (χ1n) is 6.56. The molecule has 0 radical (unpaired) electrons. The maximum absolute atomic E-state index is 11.5. The number of nitrogens with zero attached hydrogens (tertiary/aromatic N) is 3. The first-order valence-corrected chi connectivity index (χ1v) is 6.56. The third kappa shape index (κ3) is 3.88. The van der Waals surface area contributed by atoms with E-state index in [0.29, 0.717) is 18.1 Å². The molecule has 110 valence electrons. The van der Waals surface area contributed by atoms with Crippen molar-refractivity contribution in [1.29, 1.82) is 0 Å². The fourth-order valence-electron chi connectivity index (χ4n) is 2.05. The first-order chi connectivity index (χ1) is 9.58. The van der Waals surface area contributed by atoms with Crippen molar-refractivity contribution in [2.45, 2.75) is 13.0 Å². The van der Waals surface area contributed by atoms with E-state index in [9.17, 15) is 4.79 Å². The molecule has 2 rings (SSSR count). The zero-order valence-electron chi connectivity index (χ0n) is 12.0. The Labute approximate surface area is 118 Å². The van der Waals surface area contributed by atoms with Gasteiger partial charge in [-0.3, -0.25) is 0 Å². The highest BCUT2D eigenvalue weighted by Gasteiger charge is 2.18. The minimum Gasteiger partial charge on any atom is -0.463 e. The van der Waals surface area contributed by atoms with E-state index in [1.54, 1.807) is 6.07 Å². The molecular formula is C13H20N4O3. The van der Waals surface area contributed by atoms with E-state index in [1.807, 2.05) is 6.92 Å². The average Bonchev–Trinajstić information content (AvgIpc) is 2.44. The largest absolute Gasteiger partial charge is 0.463 e. The van der Waals surface area contributed by atoms with Gasteiger partial charge < -0.3 is 19.7 Å². The molecule has 1 aromatic heterocycles. The number of rotatable bonds is 4. The van der Waals surface area contributed by atoms with E-state index < -0.39 is 5.97 Å². The van der Waals surface area contributed by atoms with Gasteiger partial charge in [0.25, 0.3) is 0 Å². The van der Waals surface area contributed by atoms with Gasteiger partial charge in [0.05, 0.1) is 19.8 Å². The zero-order valence-corrected chi connectivity index (χ0v) is 12.0. The molecule has 1 aromatic rings. The molecule has 1 N–H and O–H groups in total. The number of nitrogens with one attached hydrogen (secondary N) is 1. The van der Waals surface area contributed by atoms with Crippen LogP contribution < -0.4 is 5.32 Å². The lowest BCUT2D eigenvalue weighted by molar-refractivity contribution is -0.0117. The molecule has 1 atom stereocenters. The molecular weight excluding hydrogens is 260 g/mol. The van der Waals surface area contributed by atoms with Crippen LogP contribution in [0.25, 0.3) is 0 Å². The quantitative estimate of drug-likeness (QED) is 0.796. The van der Waals surface area contributed by atoms with Crippen molar-refractivity contribution in [3.63, 3.8) is 0 Å². The van der Waals surface area contributed by atoms with Gasteiger partial charge in [0.2, 0.25) is 5.82 Å². The number of methoxy groups -OCH3 is 1. The standard InChI is InChI=1S/C13H20N4O3/c1-9-6-11(16-12(15-9)13(18)19-3)14-7-10-8-17(2)4-5-20-10/h6,10H,4-5,7-8H2,1-3H3,(H,14,15,16). The van der Waals surface area contributed by atoms with Gasteiger partial charge in [-0.05, 0) is 14.0 Å². The zero-order chi connectivity index (χ0) is 14.5. The number of esters is 1. The minimum atomic E-state index is -0.537. The van der Waals surface area contributed by atoms with Crippen LogP contribution in [-0.4, -0.2) is 67.3 Å². The van der Waals surface area contributed by atoms with Crippen LogP contribution in [-0.2, 0) is 9.47 Å². The van der Waals surface area contributed by atoms with Crippen LogP contribution in [0.2, 0.25) is 0 Å². The lowest BCUT2D eigenvalue weighted by Crippen LogP contribution is -2.43. The van der Waals surface area contributed by atoms with Gasteiger partial charge in [0, 0.05) is 31.4 Å². The molecule has 1 aliphatic rings. The van der Waals surface area contributed by atoms with E-state index in [1.165, 1.54) is 7.11 Å². The molecule has 7 heteroatoms. The van der Waals surface area contributed by atoms with Gasteiger partial charge >= 0.3 is 5.97 Å². The summed E-state index contributed by atoms with van der Waals surface area (Å²) < 4.78 is 10.3. The summed E-state index contributed by atoms with van der Waals surface area (Å²) in [7, 11) is 3.38. The van der Waals surface area contributed by atoms with Gasteiger partial charge in [0.1, 0.15) is 5.82 Å². The Morgan fingerprint density at radius 1 is 1.60 bits per heavy atom. The Morgan fingerprint density at radius 2 is 2.40 bits per heavy atom. The number of carbonyl (C=O) groups is 1. The third-order valence-corrected chi connectivity index (χ3v) is 3.07. The van der Waals surface area contributed by atoms with Crippen LogP contribution >= 0.6 is 0 Å². The fourth-order valence-corrected chi connectivity index (χ4v) is 2.05. The molecule has 7 nitrogen and oxygen atoms in total. The van der Waals surface area contributed by atoms with Crippen molar-refractivity contribution in [2.24, 2.45) is 0 Å². The van der Waals surface area contributed by atoms with Gasteiger partial charge in [-0.1, -0.05) is 0 Å². The summed E-state index contributed by atoms with van der Waals surface area (Å²) in [5.41, 5.74) is 0.713. The summed E-state index contributed by atoms with van der Waals surface area (Å²) in [6.45, 7) is 5.02. The predicted molar refractivity (Wildman–Crippen MR) is 73.8 cm³/mol. The van der Waals surface area contributed by atoms with Crippen LogP contribution in [0.15, 0.2) is 6.07 Å². The number of hydrogen-bond donors (Lipinski definition) is 1. The summed E-state index contributed by atoms with van der Waals surface area (Å²) >= 11 is 0. The number of carbonyl (C=O) groups excluding carboxylic acids is 1. The highest BCUT2D eigenvalue weighted by atomic mass is 16.5. The monoisotopic (exact) mass is 280 g/mol. The first kappa shape index (κ1) is 14.7. The molecule has 0 aliphatic carbocycles. The second-order valence-electron chi connectivity index (χ2n) is 4.85. The third-order valence-electron chi connectivity index (χ3n) is 3.07. The van der Waals surface area contributed by atoms with E-state index in [2.05, 4.69) is 32.0 Å². The summed E-state index contributed by atoms with van der Waals surface area (Å²) in [6.07, 6.45) is 0.116. The summed E-state index contributed by atoms with van der Waals surface area (Å²) in [6, 6.07) is 1.79. The lowest BCUT2D eigenvalue weighted by Gasteiger charge is -2.30. The number of aromatic nitrogens is 2. The highest BCUT2D eigenvalue weighted by Crippen LogP contribution is 2.09. The Hall–Kier alpha value is -1.73. The number of hydrogen-bond acceptors (Lipinski definition) is 7. The van der Waals surface area contributed by atoms with Gasteiger partial charge in [-0.25, -0.2) is 14.8 Å². The summed E-state index contributed by atoms with van der Waals surface area (Å²) in [5, 5.41) is 3.18. The van der Waals surface area contributed by atoms with Crippen molar-refractivity contribution in [1.82, 2.24) is 14.9 Å². The number of aryl methyl sites for hydroxylation is 1. The molecule has 0 amide bonds. The van der Waals surface area contributed by atoms with E-state index in [-0.39, 0.29) is 11.9 Å². The van der Waals surface area contributed by atoms with Crippen molar-refractivity contribution in [3.05, 3.63) is 17.6 Å². The van der Waals surface area contributed by atoms with Crippen molar-refractivity contribution in [2.75, 3.05) is 45.7 Å². The SMILES string of the molecule is COC(=O)c1nc(C)cc(NCC2CN(C)CCO2)n1. The second-order valence-corrected chi connectivity index (χ2v) is 4.85. The van der Waals surface area contributed by atoms with E-state index in [4.69, 9.17) is 4.74 Å². The second kappa shape index (κ2) is 6.62. The lowest BCUT2D eigenvalue weighted by atomic mass is 10.3. The maximum Gasteiger partial charge on any atom is 0.376 e. The van der Waals surface area contributed by atoms with Crippen LogP contribution in [0.1, 0.15) is 16.3 Å². The fraction of sp³-hybridized carbons (Fsp3) is 0.615. The smallest absolute Gasteiger partial charge is 0.376 e. The molecule has 1 fully saturated rings. The Morgan fingerprint density at radius 3 is 3.10 bits per heavy atom. The van der Waals surface area contributed by atoms with E-state index >= 15 is 0 Å². The maximum atomic E-state index is 11.5. The predicted octanol–water partition coefficient (Wildman–Crippen LogP) is 0.314. The van der Waals surface area contributed by atoms with E-state index in [0.717, 1.165) is 19.7 Å². The molecule has 0 bridgehead atoms. The number of likely N-dealkylation sites (N-methyl/N-ethyl adjacent to an activating group) is 1. The van der Waals surface area contributed by atoms with Crippen LogP contribution in [0, 0.1) is 6.92 Å². The Kier molecular flexibility index (Phi) is 4.86. The summed E-state index contributed by atoms with van der Waals surface area (Å²) in [5.74, 6) is 0.136. The molecule has 0 saturated carbocycles. The van der Waals surface area contributed by atoms with Crippen LogP contribution in [0.3, 0.4) is 0 Å². The molecule has 0 spiro atoms.